The molecule has 1 amide bonds. The second-order valence-electron chi connectivity index (χ2n) is 6.02. The Morgan fingerprint density at radius 3 is 2.16 bits per heavy atom. The molecule has 0 aliphatic carbocycles. The predicted molar refractivity (Wildman–Crippen MR) is 72.8 cm³/mol. The van der Waals surface area contributed by atoms with Crippen molar-refractivity contribution in [2.45, 2.75) is 45.2 Å². The summed E-state index contributed by atoms with van der Waals surface area (Å²) in [5, 5.41) is 8.59. The molecule has 3 N–H and O–H groups in total. The van der Waals surface area contributed by atoms with Crippen LogP contribution >= 0.6 is 0 Å². The highest BCUT2D eigenvalue weighted by Crippen LogP contribution is 2.16. The minimum atomic E-state index is -0.916. The van der Waals surface area contributed by atoms with Crippen LogP contribution < -0.4 is 5.73 Å². The van der Waals surface area contributed by atoms with Crippen LogP contribution in [0.3, 0.4) is 0 Å². The Morgan fingerprint density at radius 2 is 1.74 bits per heavy atom. The summed E-state index contributed by atoms with van der Waals surface area (Å²) < 4.78 is 0. The number of carbonyl (C=O) groups excluding carboxylic acids is 1. The lowest BCUT2D eigenvalue weighted by atomic mass is 10.0. The van der Waals surface area contributed by atoms with Gasteiger partial charge in [-0.05, 0) is 27.2 Å². The van der Waals surface area contributed by atoms with Gasteiger partial charge in [-0.2, -0.15) is 0 Å². The molecule has 1 unspecified atom stereocenters. The van der Waals surface area contributed by atoms with Crippen LogP contribution in [0.5, 0.6) is 0 Å². The lowest BCUT2D eigenvalue weighted by molar-refractivity contribution is -0.138. The summed E-state index contributed by atoms with van der Waals surface area (Å²) in [4.78, 5) is 26.6. The smallest absolute Gasteiger partial charge is 0.303 e. The van der Waals surface area contributed by atoms with Crippen molar-refractivity contribution in [1.29, 1.82) is 0 Å². The van der Waals surface area contributed by atoms with Crippen LogP contribution in [-0.2, 0) is 9.59 Å². The minimum absolute atomic E-state index is 0.0607. The monoisotopic (exact) mass is 271 g/mol. The number of amides is 1. The number of rotatable bonds is 4. The molecule has 0 radical (unpaired) electrons. The molecule has 0 spiro atoms. The minimum Gasteiger partial charge on any atom is -0.481 e. The molecule has 0 saturated carbocycles. The van der Waals surface area contributed by atoms with E-state index in [9.17, 15) is 9.59 Å². The van der Waals surface area contributed by atoms with E-state index in [1.54, 1.807) is 4.90 Å². The van der Waals surface area contributed by atoms with Crippen LogP contribution in [0.25, 0.3) is 0 Å². The molecule has 1 aliphatic rings. The normalized spacial score (nSPS) is 19.3. The predicted octanol–water partition coefficient (Wildman–Crippen LogP) is 0.121. The average Bonchev–Trinajstić information content (AvgIpc) is 2.34. The second kappa shape index (κ2) is 6.34. The molecule has 1 saturated heterocycles. The van der Waals surface area contributed by atoms with Crippen molar-refractivity contribution in [3.63, 3.8) is 0 Å². The maximum absolute atomic E-state index is 12.1. The van der Waals surface area contributed by atoms with E-state index in [2.05, 4.69) is 25.7 Å². The number of carbonyl (C=O) groups is 2. The molecule has 1 atom stereocenters. The third kappa shape index (κ3) is 4.80. The first-order valence-corrected chi connectivity index (χ1v) is 6.73. The Morgan fingerprint density at radius 1 is 1.21 bits per heavy atom. The zero-order valence-electron chi connectivity index (χ0n) is 12.1. The van der Waals surface area contributed by atoms with Gasteiger partial charge in [0.05, 0.1) is 6.04 Å². The number of carboxylic acids is 1. The topological polar surface area (TPSA) is 86.9 Å². The van der Waals surface area contributed by atoms with Gasteiger partial charge in [-0.3, -0.25) is 14.5 Å². The zero-order chi connectivity index (χ0) is 14.6. The first-order chi connectivity index (χ1) is 8.71. The van der Waals surface area contributed by atoms with Crippen molar-refractivity contribution < 1.29 is 14.7 Å². The van der Waals surface area contributed by atoms with E-state index in [1.165, 1.54) is 0 Å². The van der Waals surface area contributed by atoms with Crippen LogP contribution in [-0.4, -0.2) is 64.5 Å². The first-order valence-electron chi connectivity index (χ1n) is 6.73. The van der Waals surface area contributed by atoms with E-state index in [1.807, 2.05) is 0 Å². The lowest BCUT2D eigenvalue weighted by Crippen LogP contribution is -2.57. The van der Waals surface area contributed by atoms with Gasteiger partial charge in [-0.1, -0.05) is 0 Å². The SMILES string of the molecule is CC(C)(C)N1CCN(C(=O)C(N)CCC(=O)O)CC1. The highest BCUT2D eigenvalue weighted by Gasteiger charge is 2.29. The summed E-state index contributed by atoms with van der Waals surface area (Å²) >= 11 is 0. The standard InChI is InChI=1S/C13H25N3O3/c1-13(2,3)16-8-6-15(7-9-16)12(19)10(14)4-5-11(17)18/h10H,4-9,14H2,1-3H3,(H,17,18). The number of nitrogens with zero attached hydrogens (tertiary/aromatic N) is 2. The fourth-order valence-corrected chi connectivity index (χ4v) is 2.23. The maximum atomic E-state index is 12.1. The van der Waals surface area contributed by atoms with Crippen molar-refractivity contribution in [2.24, 2.45) is 5.73 Å². The maximum Gasteiger partial charge on any atom is 0.303 e. The molecule has 0 aromatic carbocycles. The van der Waals surface area contributed by atoms with E-state index in [-0.39, 0.29) is 24.3 Å². The fraction of sp³-hybridized carbons (Fsp3) is 0.846. The van der Waals surface area contributed by atoms with Gasteiger partial charge in [0, 0.05) is 38.1 Å². The number of carboxylic acid groups (broad SMARTS) is 1. The third-order valence-corrected chi connectivity index (χ3v) is 3.53. The van der Waals surface area contributed by atoms with E-state index in [0.29, 0.717) is 13.1 Å². The molecule has 1 aliphatic heterocycles. The summed E-state index contributed by atoms with van der Waals surface area (Å²) in [6.45, 7) is 9.46. The van der Waals surface area contributed by atoms with Gasteiger partial charge in [0.1, 0.15) is 0 Å². The van der Waals surface area contributed by atoms with Gasteiger partial charge in [0.25, 0.3) is 0 Å². The van der Waals surface area contributed by atoms with Gasteiger partial charge in [-0.25, -0.2) is 0 Å². The zero-order valence-corrected chi connectivity index (χ0v) is 12.1. The first kappa shape index (κ1) is 15.9. The Bertz CT molecular complexity index is 331. The second-order valence-corrected chi connectivity index (χ2v) is 6.02. The van der Waals surface area contributed by atoms with Crippen LogP contribution in [0.2, 0.25) is 0 Å². The molecule has 6 heteroatoms. The van der Waals surface area contributed by atoms with Gasteiger partial charge in [0.15, 0.2) is 0 Å². The van der Waals surface area contributed by atoms with Crippen LogP contribution in [0.1, 0.15) is 33.6 Å². The van der Waals surface area contributed by atoms with E-state index < -0.39 is 12.0 Å². The van der Waals surface area contributed by atoms with Crippen LogP contribution in [0.4, 0.5) is 0 Å². The quantitative estimate of drug-likeness (QED) is 0.758. The number of aliphatic carboxylic acids is 1. The molecular weight excluding hydrogens is 246 g/mol. The van der Waals surface area contributed by atoms with Crippen LogP contribution in [0, 0.1) is 0 Å². The highest BCUT2D eigenvalue weighted by atomic mass is 16.4. The molecule has 110 valence electrons. The number of hydrogen-bond acceptors (Lipinski definition) is 4. The van der Waals surface area contributed by atoms with Gasteiger partial charge < -0.3 is 15.7 Å². The summed E-state index contributed by atoms with van der Waals surface area (Å²) in [6.07, 6.45) is 0.141. The number of hydrogen-bond donors (Lipinski definition) is 2. The van der Waals surface area contributed by atoms with E-state index in [4.69, 9.17) is 10.8 Å². The summed E-state index contributed by atoms with van der Waals surface area (Å²) in [7, 11) is 0. The molecule has 0 aromatic heterocycles. The fourth-order valence-electron chi connectivity index (χ4n) is 2.23. The van der Waals surface area contributed by atoms with Crippen LogP contribution in [0.15, 0.2) is 0 Å². The number of nitrogens with two attached hydrogens (primary N) is 1. The Balaban J connectivity index is 2.42. The molecule has 1 fully saturated rings. The van der Waals surface area contributed by atoms with Crippen molar-refractivity contribution in [3.8, 4) is 0 Å². The third-order valence-electron chi connectivity index (χ3n) is 3.53. The molecule has 0 bridgehead atoms. The Hall–Kier alpha value is -1.14. The van der Waals surface area contributed by atoms with Crippen molar-refractivity contribution in [2.75, 3.05) is 26.2 Å². The number of piperazine rings is 1. The Kier molecular flexibility index (Phi) is 5.31. The molecule has 0 aromatic rings. The molecule has 1 rings (SSSR count). The lowest BCUT2D eigenvalue weighted by Gasteiger charge is -2.42. The van der Waals surface area contributed by atoms with Gasteiger partial charge >= 0.3 is 5.97 Å². The largest absolute Gasteiger partial charge is 0.481 e. The van der Waals surface area contributed by atoms with Crippen molar-refractivity contribution >= 4 is 11.9 Å². The summed E-state index contributed by atoms with van der Waals surface area (Å²) in [5.74, 6) is -1.05. The Labute approximate surface area is 114 Å². The summed E-state index contributed by atoms with van der Waals surface area (Å²) in [6, 6.07) is -0.697. The molecule has 6 nitrogen and oxygen atoms in total. The summed E-state index contributed by atoms with van der Waals surface area (Å²) in [5.41, 5.74) is 5.86. The molecule has 19 heavy (non-hydrogen) atoms. The van der Waals surface area contributed by atoms with Gasteiger partial charge in [0.2, 0.25) is 5.91 Å². The molecular formula is C13H25N3O3. The highest BCUT2D eigenvalue weighted by molar-refractivity contribution is 5.82. The van der Waals surface area contributed by atoms with E-state index >= 15 is 0 Å². The van der Waals surface area contributed by atoms with E-state index in [0.717, 1.165) is 13.1 Å². The van der Waals surface area contributed by atoms with Crippen molar-refractivity contribution in [1.82, 2.24) is 9.80 Å². The average molecular weight is 271 g/mol. The van der Waals surface area contributed by atoms with Crippen molar-refractivity contribution in [3.05, 3.63) is 0 Å². The molecule has 1 heterocycles. The van der Waals surface area contributed by atoms with Gasteiger partial charge in [-0.15, -0.1) is 0 Å².